The van der Waals surface area contributed by atoms with Gasteiger partial charge in [-0.3, -0.25) is 0 Å². The van der Waals surface area contributed by atoms with Crippen LogP contribution in [-0.4, -0.2) is 10.6 Å². The molecular formula is C17H14N4O. The molecule has 3 aromatic rings. The van der Waals surface area contributed by atoms with Gasteiger partial charge in [0.25, 0.3) is 0 Å². The van der Waals surface area contributed by atoms with Crippen molar-refractivity contribution in [3.8, 4) is 6.07 Å². The maximum Gasteiger partial charge on any atom is 0.323 e. The van der Waals surface area contributed by atoms with Crippen molar-refractivity contribution in [3.63, 3.8) is 0 Å². The van der Waals surface area contributed by atoms with E-state index in [-0.39, 0.29) is 6.03 Å². The van der Waals surface area contributed by atoms with E-state index in [1.54, 1.807) is 24.3 Å². The van der Waals surface area contributed by atoms with Crippen molar-refractivity contribution in [2.45, 2.75) is 0 Å². The van der Waals surface area contributed by atoms with Crippen molar-refractivity contribution in [3.05, 3.63) is 60.3 Å². The van der Waals surface area contributed by atoms with Gasteiger partial charge in [-0.1, -0.05) is 6.07 Å². The van der Waals surface area contributed by atoms with E-state index in [2.05, 4.69) is 10.6 Å². The predicted molar refractivity (Wildman–Crippen MR) is 86.7 cm³/mol. The number of anilines is 2. The highest BCUT2D eigenvalue weighted by atomic mass is 16.2. The Morgan fingerprint density at radius 3 is 2.64 bits per heavy atom. The first-order valence-electron chi connectivity index (χ1n) is 6.79. The number of hydrogen-bond acceptors (Lipinski definition) is 2. The molecule has 0 spiro atoms. The molecule has 0 bridgehead atoms. The number of nitriles is 1. The SMILES string of the molecule is Cn1ccc2cc(NC(=O)Nc3cccc(C#N)c3)ccc21. The molecule has 3 rings (SSSR count). The smallest absolute Gasteiger partial charge is 0.323 e. The van der Waals surface area contributed by atoms with Crippen LogP contribution in [0.2, 0.25) is 0 Å². The van der Waals surface area contributed by atoms with Gasteiger partial charge in [-0.15, -0.1) is 0 Å². The Labute approximate surface area is 127 Å². The van der Waals surface area contributed by atoms with E-state index in [0.29, 0.717) is 16.9 Å². The molecule has 1 aromatic heterocycles. The Bertz CT molecular complexity index is 889. The fourth-order valence-electron chi connectivity index (χ4n) is 2.32. The quantitative estimate of drug-likeness (QED) is 0.755. The highest BCUT2D eigenvalue weighted by molar-refractivity contribution is 6.01. The summed E-state index contributed by atoms with van der Waals surface area (Å²) in [7, 11) is 1.98. The minimum absolute atomic E-state index is 0.342. The molecule has 0 aliphatic carbocycles. The Balaban J connectivity index is 1.73. The average Bonchev–Trinajstić information content (AvgIpc) is 2.88. The van der Waals surface area contributed by atoms with Gasteiger partial charge in [0.1, 0.15) is 0 Å². The van der Waals surface area contributed by atoms with Crippen molar-refractivity contribution in [2.75, 3.05) is 10.6 Å². The summed E-state index contributed by atoms with van der Waals surface area (Å²) in [6.07, 6.45) is 1.97. The number of rotatable bonds is 2. The van der Waals surface area contributed by atoms with E-state index in [1.165, 1.54) is 0 Å². The molecule has 0 saturated heterocycles. The third-order valence-electron chi connectivity index (χ3n) is 3.39. The van der Waals surface area contributed by atoms with Crippen LogP contribution in [-0.2, 0) is 7.05 Å². The number of nitrogens with one attached hydrogen (secondary N) is 2. The Kier molecular flexibility index (Phi) is 3.50. The maximum atomic E-state index is 12.0. The first-order chi connectivity index (χ1) is 10.7. The lowest BCUT2D eigenvalue weighted by molar-refractivity contribution is 0.262. The molecule has 0 saturated carbocycles. The van der Waals surface area contributed by atoms with Gasteiger partial charge >= 0.3 is 6.03 Å². The lowest BCUT2D eigenvalue weighted by Gasteiger charge is -2.08. The number of benzene rings is 2. The summed E-state index contributed by atoms with van der Waals surface area (Å²) >= 11 is 0. The molecule has 5 heteroatoms. The highest BCUT2D eigenvalue weighted by Crippen LogP contribution is 2.20. The summed E-state index contributed by atoms with van der Waals surface area (Å²) in [5, 5.41) is 15.4. The van der Waals surface area contributed by atoms with E-state index >= 15 is 0 Å². The molecule has 0 aliphatic rings. The molecular weight excluding hydrogens is 276 g/mol. The zero-order valence-electron chi connectivity index (χ0n) is 12.0. The van der Waals surface area contributed by atoms with Crippen LogP contribution < -0.4 is 10.6 Å². The van der Waals surface area contributed by atoms with E-state index < -0.39 is 0 Å². The van der Waals surface area contributed by atoms with Crippen molar-refractivity contribution in [1.82, 2.24) is 4.57 Å². The molecule has 0 radical (unpaired) electrons. The molecule has 2 amide bonds. The zero-order valence-corrected chi connectivity index (χ0v) is 12.0. The first kappa shape index (κ1) is 13.7. The van der Waals surface area contributed by atoms with Crippen molar-refractivity contribution in [1.29, 1.82) is 5.26 Å². The van der Waals surface area contributed by atoms with Crippen molar-refractivity contribution < 1.29 is 4.79 Å². The Hall–Kier alpha value is -3.26. The van der Waals surface area contributed by atoms with Crippen molar-refractivity contribution in [2.24, 2.45) is 7.05 Å². The largest absolute Gasteiger partial charge is 0.351 e. The van der Waals surface area contributed by atoms with Crippen molar-refractivity contribution >= 4 is 28.3 Å². The normalized spacial score (nSPS) is 10.2. The summed E-state index contributed by atoms with van der Waals surface area (Å²) in [6.45, 7) is 0. The average molecular weight is 290 g/mol. The van der Waals surface area contributed by atoms with Gasteiger partial charge in [-0.2, -0.15) is 5.26 Å². The van der Waals surface area contributed by atoms with Crippen LogP contribution in [0.15, 0.2) is 54.7 Å². The monoisotopic (exact) mass is 290 g/mol. The number of aromatic nitrogens is 1. The Morgan fingerprint density at radius 2 is 1.86 bits per heavy atom. The lowest BCUT2D eigenvalue weighted by Crippen LogP contribution is -2.19. The van der Waals surface area contributed by atoms with Crippen LogP contribution in [0.5, 0.6) is 0 Å². The topological polar surface area (TPSA) is 69.8 Å². The Morgan fingerprint density at radius 1 is 1.09 bits per heavy atom. The number of fused-ring (bicyclic) bond motifs is 1. The number of aryl methyl sites for hydroxylation is 1. The van der Waals surface area contributed by atoms with Gasteiger partial charge in [0.15, 0.2) is 0 Å². The molecule has 0 unspecified atom stereocenters. The first-order valence-corrected chi connectivity index (χ1v) is 6.79. The minimum Gasteiger partial charge on any atom is -0.351 e. The lowest BCUT2D eigenvalue weighted by atomic mass is 10.2. The second-order valence-electron chi connectivity index (χ2n) is 4.97. The van der Waals surface area contributed by atoms with E-state index in [1.807, 2.05) is 48.1 Å². The van der Waals surface area contributed by atoms with Gasteiger partial charge in [-0.05, 0) is 42.5 Å². The second kappa shape index (κ2) is 5.62. The third kappa shape index (κ3) is 2.76. The van der Waals surface area contributed by atoms with E-state index in [9.17, 15) is 4.79 Å². The van der Waals surface area contributed by atoms with Crippen LogP contribution in [0.1, 0.15) is 5.56 Å². The van der Waals surface area contributed by atoms with Gasteiger partial charge in [0.2, 0.25) is 0 Å². The van der Waals surface area contributed by atoms with Gasteiger partial charge < -0.3 is 15.2 Å². The van der Waals surface area contributed by atoms with Crippen LogP contribution in [0.25, 0.3) is 10.9 Å². The zero-order chi connectivity index (χ0) is 15.5. The van der Waals surface area contributed by atoms with Gasteiger partial charge in [0, 0.05) is 35.5 Å². The van der Waals surface area contributed by atoms with Gasteiger partial charge in [0.05, 0.1) is 11.6 Å². The third-order valence-corrected chi connectivity index (χ3v) is 3.39. The molecule has 2 aromatic carbocycles. The van der Waals surface area contributed by atoms with E-state index in [0.717, 1.165) is 10.9 Å². The summed E-state index contributed by atoms with van der Waals surface area (Å²) < 4.78 is 2.02. The predicted octanol–water partition coefficient (Wildman–Crippen LogP) is 3.69. The highest BCUT2D eigenvalue weighted by Gasteiger charge is 2.05. The number of nitrogens with zero attached hydrogens (tertiary/aromatic N) is 2. The van der Waals surface area contributed by atoms with Crippen LogP contribution in [0.4, 0.5) is 16.2 Å². The number of amides is 2. The van der Waals surface area contributed by atoms with Gasteiger partial charge in [-0.25, -0.2) is 4.79 Å². The van der Waals surface area contributed by atoms with E-state index in [4.69, 9.17) is 5.26 Å². The molecule has 5 nitrogen and oxygen atoms in total. The van der Waals surface area contributed by atoms with Crippen LogP contribution in [0, 0.1) is 11.3 Å². The summed E-state index contributed by atoms with van der Waals surface area (Å²) in [6, 6.07) is 16.2. The number of carbonyl (C=O) groups excluding carboxylic acids is 1. The molecule has 2 N–H and O–H groups in total. The molecule has 0 fully saturated rings. The molecule has 1 heterocycles. The summed E-state index contributed by atoms with van der Waals surface area (Å²) in [4.78, 5) is 12.0. The maximum absolute atomic E-state index is 12.0. The molecule has 0 aliphatic heterocycles. The molecule has 22 heavy (non-hydrogen) atoms. The fourth-order valence-corrected chi connectivity index (χ4v) is 2.32. The van der Waals surface area contributed by atoms with Crippen LogP contribution in [0.3, 0.4) is 0 Å². The summed E-state index contributed by atoms with van der Waals surface area (Å²) in [5.41, 5.74) is 2.90. The second-order valence-corrected chi connectivity index (χ2v) is 4.97. The standard InChI is InChI=1S/C17H14N4O/c1-21-8-7-13-10-15(5-6-16(13)21)20-17(22)19-14-4-2-3-12(9-14)11-18/h2-10H,1H3,(H2,19,20,22). The molecule has 108 valence electrons. The number of urea groups is 1. The fraction of sp³-hybridized carbons (Fsp3) is 0.0588. The number of carbonyl (C=O) groups is 1. The van der Waals surface area contributed by atoms with Crippen LogP contribution >= 0.6 is 0 Å². The minimum atomic E-state index is -0.342. The number of hydrogen-bond donors (Lipinski definition) is 2. The molecule has 0 atom stereocenters. The summed E-state index contributed by atoms with van der Waals surface area (Å²) in [5.74, 6) is 0.